The summed E-state index contributed by atoms with van der Waals surface area (Å²) in [5.74, 6) is 0. The number of para-hydroxylation sites is 1. The molecule has 2 aromatic heterocycles. The molecule has 0 atom stereocenters. The van der Waals surface area contributed by atoms with Gasteiger partial charge in [-0.15, -0.1) is 11.3 Å². The van der Waals surface area contributed by atoms with E-state index in [0.717, 1.165) is 25.3 Å². The Labute approximate surface area is 110 Å². The summed E-state index contributed by atoms with van der Waals surface area (Å²) in [5.41, 5.74) is 2.86. The minimum atomic E-state index is -0.0422. The van der Waals surface area contributed by atoms with Crippen LogP contribution in [-0.2, 0) is 6.61 Å². The van der Waals surface area contributed by atoms with Crippen LogP contribution in [0.5, 0.6) is 0 Å². The molecule has 1 aromatic carbocycles. The maximum atomic E-state index is 9.15. The monoisotopic (exact) mass is 308 g/mol. The Morgan fingerprint density at radius 1 is 1.35 bits per heavy atom. The van der Waals surface area contributed by atoms with E-state index in [9.17, 15) is 0 Å². The number of halogens is 1. The van der Waals surface area contributed by atoms with E-state index in [0.29, 0.717) is 5.69 Å². The van der Waals surface area contributed by atoms with Crippen molar-refractivity contribution in [2.75, 3.05) is 0 Å². The first-order chi connectivity index (χ1) is 8.29. The van der Waals surface area contributed by atoms with Gasteiger partial charge in [0.15, 0.2) is 0 Å². The third kappa shape index (κ3) is 1.80. The highest BCUT2D eigenvalue weighted by Gasteiger charge is 2.12. The predicted molar refractivity (Wildman–Crippen MR) is 73.0 cm³/mol. The highest BCUT2D eigenvalue weighted by Crippen LogP contribution is 2.35. The Morgan fingerprint density at radius 2 is 2.18 bits per heavy atom. The van der Waals surface area contributed by atoms with Crippen molar-refractivity contribution in [2.24, 2.45) is 0 Å². The van der Waals surface area contributed by atoms with Gasteiger partial charge in [-0.1, -0.05) is 18.2 Å². The molecular weight excluding hydrogens is 300 g/mol. The topological polar surface area (TPSA) is 48.9 Å². The quantitative estimate of drug-likeness (QED) is 0.760. The van der Waals surface area contributed by atoms with Gasteiger partial charge in [0.1, 0.15) is 5.01 Å². The van der Waals surface area contributed by atoms with E-state index < -0.39 is 0 Å². The third-order valence-electron chi connectivity index (χ3n) is 2.62. The molecule has 0 unspecified atom stereocenters. The Morgan fingerprint density at radius 3 is 2.94 bits per heavy atom. The second-order valence-electron chi connectivity index (χ2n) is 3.65. The predicted octanol–water partition coefficient (Wildman–Crippen LogP) is 3.55. The van der Waals surface area contributed by atoms with Crippen molar-refractivity contribution >= 4 is 38.2 Å². The molecule has 0 aliphatic carbocycles. The zero-order valence-corrected chi connectivity index (χ0v) is 11.2. The maximum absolute atomic E-state index is 9.15. The summed E-state index contributed by atoms with van der Waals surface area (Å²) in [6.45, 7) is -0.0422. The maximum Gasteiger partial charge on any atom is 0.126 e. The molecule has 0 amide bonds. The fourth-order valence-electron chi connectivity index (χ4n) is 1.79. The van der Waals surface area contributed by atoms with Gasteiger partial charge in [0.2, 0.25) is 0 Å². The summed E-state index contributed by atoms with van der Waals surface area (Å²) in [5, 5.41) is 11.2. The smallest absolute Gasteiger partial charge is 0.126 e. The van der Waals surface area contributed by atoms with Crippen molar-refractivity contribution in [3.63, 3.8) is 0 Å². The van der Waals surface area contributed by atoms with Gasteiger partial charge in [-0.25, -0.2) is 4.98 Å². The van der Waals surface area contributed by atoms with Crippen LogP contribution in [0.3, 0.4) is 0 Å². The lowest BCUT2D eigenvalue weighted by Gasteiger charge is -1.92. The van der Waals surface area contributed by atoms with Crippen molar-refractivity contribution in [1.82, 2.24) is 9.97 Å². The van der Waals surface area contributed by atoms with Gasteiger partial charge in [-0.3, -0.25) is 0 Å². The number of aliphatic hydroxyl groups is 1. The van der Waals surface area contributed by atoms with Gasteiger partial charge in [0.05, 0.1) is 16.1 Å². The Kier molecular flexibility index (Phi) is 2.74. The van der Waals surface area contributed by atoms with Gasteiger partial charge >= 0.3 is 0 Å². The summed E-state index contributed by atoms with van der Waals surface area (Å²) >= 11 is 4.95. The van der Waals surface area contributed by atoms with E-state index in [1.807, 2.05) is 24.4 Å². The fourth-order valence-corrected chi connectivity index (χ4v) is 3.30. The van der Waals surface area contributed by atoms with Crippen LogP contribution < -0.4 is 0 Å². The molecular formula is C12H9BrN2OS. The molecule has 2 heterocycles. The molecule has 3 nitrogen and oxygen atoms in total. The van der Waals surface area contributed by atoms with Gasteiger partial charge in [0.25, 0.3) is 0 Å². The lowest BCUT2D eigenvalue weighted by molar-refractivity contribution is 0.277. The summed E-state index contributed by atoms with van der Waals surface area (Å²) in [6.07, 6.45) is 1.96. The van der Waals surface area contributed by atoms with Crippen LogP contribution >= 0.6 is 27.3 Å². The molecule has 0 saturated heterocycles. The average Bonchev–Trinajstić information content (AvgIpc) is 2.92. The average molecular weight is 309 g/mol. The van der Waals surface area contributed by atoms with Crippen LogP contribution in [0.1, 0.15) is 5.69 Å². The van der Waals surface area contributed by atoms with Crippen molar-refractivity contribution in [3.8, 4) is 10.6 Å². The minimum Gasteiger partial charge on any atom is -0.390 e. The number of aliphatic hydroxyl groups excluding tert-OH is 1. The number of aromatic nitrogens is 2. The SMILES string of the molecule is OCc1nc(-c2c[nH]c3ccccc23)sc1Br. The van der Waals surface area contributed by atoms with Gasteiger partial charge in [0, 0.05) is 22.7 Å². The summed E-state index contributed by atoms with van der Waals surface area (Å²) < 4.78 is 0.889. The Balaban J connectivity index is 2.20. The van der Waals surface area contributed by atoms with E-state index in [-0.39, 0.29) is 6.61 Å². The lowest BCUT2D eigenvalue weighted by atomic mass is 10.2. The van der Waals surface area contributed by atoms with Crippen molar-refractivity contribution in [2.45, 2.75) is 6.61 Å². The number of nitrogens with zero attached hydrogens (tertiary/aromatic N) is 1. The number of nitrogens with one attached hydrogen (secondary N) is 1. The Hall–Kier alpha value is -1.17. The van der Waals surface area contributed by atoms with Crippen molar-refractivity contribution < 1.29 is 5.11 Å². The molecule has 0 radical (unpaired) electrons. The number of benzene rings is 1. The zero-order chi connectivity index (χ0) is 11.8. The van der Waals surface area contributed by atoms with Crippen LogP contribution in [0.4, 0.5) is 0 Å². The number of rotatable bonds is 2. The molecule has 0 spiro atoms. The summed E-state index contributed by atoms with van der Waals surface area (Å²) in [6, 6.07) is 8.11. The van der Waals surface area contributed by atoms with Gasteiger partial charge < -0.3 is 10.1 Å². The molecule has 86 valence electrons. The van der Waals surface area contributed by atoms with Crippen molar-refractivity contribution in [3.05, 3.63) is 39.9 Å². The lowest BCUT2D eigenvalue weighted by Crippen LogP contribution is -1.83. The van der Waals surface area contributed by atoms with E-state index in [1.54, 1.807) is 0 Å². The summed E-state index contributed by atoms with van der Waals surface area (Å²) in [7, 11) is 0. The number of H-pyrrole nitrogens is 1. The molecule has 5 heteroatoms. The third-order valence-corrected chi connectivity index (χ3v) is 4.48. The first-order valence-corrected chi connectivity index (χ1v) is 6.73. The highest BCUT2D eigenvalue weighted by molar-refractivity contribution is 9.11. The van der Waals surface area contributed by atoms with E-state index in [4.69, 9.17) is 5.11 Å². The van der Waals surface area contributed by atoms with Crippen LogP contribution in [-0.4, -0.2) is 15.1 Å². The van der Waals surface area contributed by atoms with Crippen LogP contribution in [0.2, 0.25) is 0 Å². The summed E-state index contributed by atoms with van der Waals surface area (Å²) in [4.78, 5) is 7.64. The first-order valence-electron chi connectivity index (χ1n) is 5.12. The number of fused-ring (bicyclic) bond motifs is 1. The standard InChI is InChI=1S/C12H9BrN2OS/c13-11-10(6-16)15-12(17-11)8-5-14-9-4-2-1-3-7(8)9/h1-5,14,16H,6H2. The molecule has 0 bridgehead atoms. The normalized spacial score (nSPS) is 11.2. The van der Waals surface area contributed by atoms with Crippen LogP contribution in [0, 0.1) is 0 Å². The van der Waals surface area contributed by atoms with Gasteiger partial charge in [-0.2, -0.15) is 0 Å². The molecule has 3 rings (SSSR count). The number of hydrogen-bond acceptors (Lipinski definition) is 3. The molecule has 0 aliphatic rings. The van der Waals surface area contributed by atoms with Crippen LogP contribution in [0.25, 0.3) is 21.5 Å². The Bertz CT molecular complexity index is 674. The van der Waals surface area contributed by atoms with E-state index in [2.05, 4.69) is 32.0 Å². The zero-order valence-electron chi connectivity index (χ0n) is 8.77. The molecule has 3 aromatic rings. The minimum absolute atomic E-state index is 0.0422. The molecule has 0 aliphatic heterocycles. The number of thiazole rings is 1. The van der Waals surface area contributed by atoms with Crippen LogP contribution in [0.15, 0.2) is 34.2 Å². The largest absolute Gasteiger partial charge is 0.390 e. The molecule has 0 saturated carbocycles. The fraction of sp³-hybridized carbons (Fsp3) is 0.0833. The van der Waals surface area contributed by atoms with E-state index >= 15 is 0 Å². The second kappa shape index (κ2) is 4.25. The highest BCUT2D eigenvalue weighted by atomic mass is 79.9. The second-order valence-corrected chi connectivity index (χ2v) is 5.96. The molecule has 17 heavy (non-hydrogen) atoms. The van der Waals surface area contributed by atoms with Gasteiger partial charge in [-0.05, 0) is 22.0 Å². The van der Waals surface area contributed by atoms with Crippen molar-refractivity contribution in [1.29, 1.82) is 0 Å². The van der Waals surface area contributed by atoms with E-state index in [1.165, 1.54) is 11.3 Å². The number of aromatic amines is 1. The molecule has 0 fully saturated rings. The molecule has 2 N–H and O–H groups in total. The number of hydrogen-bond donors (Lipinski definition) is 2. The first kappa shape index (κ1) is 11.0.